The zero-order valence-electron chi connectivity index (χ0n) is 17.9. The van der Waals surface area contributed by atoms with Crippen molar-refractivity contribution in [1.82, 2.24) is 14.5 Å². The molecule has 2 saturated carbocycles. The molecular formula is C25H31N3O3. The Hall–Kier alpha value is -2.21. The van der Waals surface area contributed by atoms with Crippen LogP contribution in [0.25, 0.3) is 11.0 Å². The molecule has 2 aliphatic carbocycles. The van der Waals surface area contributed by atoms with Gasteiger partial charge in [-0.05, 0) is 68.9 Å². The highest BCUT2D eigenvalue weighted by Crippen LogP contribution is 2.48. The summed E-state index contributed by atoms with van der Waals surface area (Å²) in [6.45, 7) is 0. The fourth-order valence-electron chi connectivity index (χ4n) is 7.59. The number of aromatic nitrogens is 2. The van der Waals surface area contributed by atoms with Gasteiger partial charge in [0.25, 0.3) is 5.56 Å². The largest absolute Gasteiger partial charge is 0.476 e. The van der Waals surface area contributed by atoms with Crippen LogP contribution in [0.3, 0.4) is 0 Å². The number of aromatic carboxylic acids is 1. The molecule has 4 fully saturated rings. The average Bonchev–Trinajstić information content (AvgIpc) is 3.02. The van der Waals surface area contributed by atoms with Crippen molar-refractivity contribution in [2.24, 2.45) is 11.8 Å². The third-order valence-electron chi connectivity index (χ3n) is 8.65. The Morgan fingerprint density at radius 1 is 0.871 bits per heavy atom. The van der Waals surface area contributed by atoms with Gasteiger partial charge in [0.05, 0.1) is 11.0 Å². The normalized spacial score (nSPS) is 35.4. The van der Waals surface area contributed by atoms with E-state index in [9.17, 15) is 14.7 Å². The molecule has 0 amide bonds. The fraction of sp³-hybridized carbons (Fsp3) is 0.640. The van der Waals surface area contributed by atoms with Gasteiger partial charge in [-0.2, -0.15) is 0 Å². The average molecular weight is 422 g/mol. The van der Waals surface area contributed by atoms with Crippen LogP contribution in [0.4, 0.5) is 0 Å². The third kappa shape index (κ3) is 3.22. The number of piperidine rings is 1. The fourth-order valence-corrected chi connectivity index (χ4v) is 7.59. The maximum Gasteiger partial charge on any atom is 0.360 e. The number of carbonyl (C=O) groups is 1. The molecule has 2 aliphatic heterocycles. The smallest absolute Gasteiger partial charge is 0.360 e. The summed E-state index contributed by atoms with van der Waals surface area (Å²) in [4.78, 5) is 31.9. The lowest BCUT2D eigenvalue weighted by molar-refractivity contribution is 0.00786. The van der Waals surface area contributed by atoms with Crippen molar-refractivity contribution < 1.29 is 9.90 Å². The van der Waals surface area contributed by atoms with Gasteiger partial charge in [0.1, 0.15) is 0 Å². The van der Waals surface area contributed by atoms with Gasteiger partial charge >= 0.3 is 5.97 Å². The topological polar surface area (TPSA) is 75.4 Å². The van der Waals surface area contributed by atoms with E-state index in [1.807, 2.05) is 24.3 Å². The minimum Gasteiger partial charge on any atom is -0.476 e. The first kappa shape index (κ1) is 19.5. The van der Waals surface area contributed by atoms with Gasteiger partial charge in [-0.25, -0.2) is 9.78 Å². The van der Waals surface area contributed by atoms with Crippen molar-refractivity contribution in [3.8, 4) is 0 Å². The first-order valence-corrected chi connectivity index (χ1v) is 12.1. The standard InChI is InChI=1S/C25H31N3O3/c29-24-23(25(30)31)26-21-6-1-2-7-22(21)28(24)20-13-17-8-9-18(14-20)27(17)19-11-15-4-3-5-16(10-15)12-19/h1-2,6-7,15-20H,3-5,8-14H2,(H,30,31). The molecule has 31 heavy (non-hydrogen) atoms. The number of para-hydroxylation sites is 2. The summed E-state index contributed by atoms with van der Waals surface area (Å²) >= 11 is 0. The van der Waals surface area contributed by atoms with Crippen LogP contribution in [0, 0.1) is 11.8 Å². The van der Waals surface area contributed by atoms with Crippen molar-refractivity contribution in [2.75, 3.05) is 0 Å². The van der Waals surface area contributed by atoms with Gasteiger partial charge in [-0.15, -0.1) is 0 Å². The molecule has 2 saturated heterocycles. The third-order valence-corrected chi connectivity index (χ3v) is 8.65. The lowest BCUT2D eigenvalue weighted by atomic mass is 9.69. The first-order chi connectivity index (χ1) is 15.1. The Bertz CT molecular complexity index is 1050. The molecule has 4 bridgehead atoms. The minimum atomic E-state index is -1.24. The monoisotopic (exact) mass is 421 g/mol. The number of nitrogens with zero attached hydrogens (tertiary/aromatic N) is 3. The van der Waals surface area contributed by atoms with E-state index in [0.29, 0.717) is 23.6 Å². The Balaban J connectivity index is 1.33. The summed E-state index contributed by atoms with van der Waals surface area (Å²) < 4.78 is 1.77. The van der Waals surface area contributed by atoms with Gasteiger partial charge in [0, 0.05) is 24.2 Å². The van der Waals surface area contributed by atoms with Gasteiger partial charge in [0.15, 0.2) is 0 Å². The lowest BCUT2D eigenvalue weighted by Gasteiger charge is -2.49. The predicted molar refractivity (Wildman–Crippen MR) is 118 cm³/mol. The lowest BCUT2D eigenvalue weighted by Crippen LogP contribution is -2.52. The zero-order valence-corrected chi connectivity index (χ0v) is 17.9. The summed E-state index contributed by atoms with van der Waals surface area (Å²) in [5, 5.41) is 9.57. The van der Waals surface area contributed by atoms with Gasteiger partial charge in [-0.1, -0.05) is 31.4 Å². The van der Waals surface area contributed by atoms with Crippen LogP contribution >= 0.6 is 0 Å². The molecule has 4 aliphatic rings. The number of benzene rings is 1. The van der Waals surface area contributed by atoms with E-state index in [1.54, 1.807) is 4.57 Å². The molecule has 6 nitrogen and oxygen atoms in total. The van der Waals surface area contributed by atoms with E-state index in [-0.39, 0.29) is 11.7 Å². The molecular weight excluding hydrogens is 390 g/mol. The van der Waals surface area contributed by atoms with Crippen LogP contribution in [-0.4, -0.2) is 43.7 Å². The molecule has 3 heterocycles. The second-order valence-electron chi connectivity index (χ2n) is 10.4. The molecule has 164 valence electrons. The molecule has 1 aromatic heterocycles. The Labute approximate surface area is 182 Å². The molecule has 6 heteroatoms. The van der Waals surface area contributed by atoms with E-state index in [1.165, 1.54) is 51.4 Å². The summed E-state index contributed by atoms with van der Waals surface area (Å²) in [6.07, 6.45) is 12.7. The summed E-state index contributed by atoms with van der Waals surface area (Å²) in [5.74, 6) is 0.595. The first-order valence-electron chi connectivity index (χ1n) is 12.1. The maximum absolute atomic E-state index is 13.2. The second-order valence-corrected chi connectivity index (χ2v) is 10.4. The highest BCUT2D eigenvalue weighted by atomic mass is 16.4. The highest BCUT2D eigenvalue weighted by Gasteiger charge is 2.47. The summed E-state index contributed by atoms with van der Waals surface area (Å²) in [7, 11) is 0. The Morgan fingerprint density at radius 3 is 2.23 bits per heavy atom. The molecule has 4 unspecified atom stereocenters. The number of hydrogen-bond acceptors (Lipinski definition) is 4. The molecule has 6 rings (SSSR count). The Kier molecular flexibility index (Phi) is 4.67. The van der Waals surface area contributed by atoms with Gasteiger partial charge in [0.2, 0.25) is 5.69 Å². The molecule has 4 atom stereocenters. The Morgan fingerprint density at radius 2 is 1.55 bits per heavy atom. The predicted octanol–water partition coefficient (Wildman–Crippen LogP) is 4.23. The minimum absolute atomic E-state index is 0.0512. The number of hydrogen-bond donors (Lipinski definition) is 1. The number of carboxylic acids is 1. The number of carboxylic acid groups (broad SMARTS) is 1. The second kappa shape index (κ2) is 7.44. The van der Waals surface area contributed by atoms with Crippen LogP contribution in [-0.2, 0) is 0 Å². The summed E-state index contributed by atoms with van der Waals surface area (Å²) in [5.41, 5.74) is 0.557. The number of fused-ring (bicyclic) bond motifs is 5. The SMILES string of the molecule is O=C(O)c1nc2ccccc2n(C2CC3CCC(C2)N3C2CC3CCCC(C3)C2)c1=O. The van der Waals surface area contributed by atoms with Gasteiger partial charge < -0.3 is 9.67 Å². The molecule has 2 aromatic rings. The van der Waals surface area contributed by atoms with E-state index in [2.05, 4.69) is 9.88 Å². The maximum atomic E-state index is 13.2. The van der Waals surface area contributed by atoms with Crippen LogP contribution < -0.4 is 5.56 Å². The van der Waals surface area contributed by atoms with Crippen molar-refractivity contribution >= 4 is 17.0 Å². The van der Waals surface area contributed by atoms with Crippen molar-refractivity contribution in [2.45, 2.75) is 88.4 Å². The number of rotatable bonds is 3. The summed E-state index contributed by atoms with van der Waals surface area (Å²) in [6, 6.07) is 9.26. The van der Waals surface area contributed by atoms with E-state index in [4.69, 9.17) is 0 Å². The van der Waals surface area contributed by atoms with Crippen LogP contribution in [0.2, 0.25) is 0 Å². The molecule has 0 spiro atoms. The van der Waals surface area contributed by atoms with Crippen LogP contribution in [0.5, 0.6) is 0 Å². The van der Waals surface area contributed by atoms with Crippen molar-refractivity contribution in [3.63, 3.8) is 0 Å². The van der Waals surface area contributed by atoms with Crippen molar-refractivity contribution in [1.29, 1.82) is 0 Å². The quantitative estimate of drug-likeness (QED) is 0.803. The van der Waals surface area contributed by atoms with E-state index in [0.717, 1.165) is 30.2 Å². The highest BCUT2D eigenvalue weighted by molar-refractivity contribution is 5.88. The van der Waals surface area contributed by atoms with Crippen LogP contribution in [0.1, 0.15) is 80.7 Å². The molecule has 1 N–H and O–H groups in total. The molecule has 1 aromatic carbocycles. The van der Waals surface area contributed by atoms with E-state index < -0.39 is 11.5 Å². The van der Waals surface area contributed by atoms with Crippen LogP contribution in [0.15, 0.2) is 29.1 Å². The van der Waals surface area contributed by atoms with E-state index >= 15 is 0 Å². The zero-order chi connectivity index (χ0) is 21.1. The van der Waals surface area contributed by atoms with Crippen molar-refractivity contribution in [3.05, 3.63) is 40.3 Å². The molecule has 0 radical (unpaired) electrons. The van der Waals surface area contributed by atoms with Gasteiger partial charge in [-0.3, -0.25) is 9.69 Å².